The van der Waals surface area contributed by atoms with Crippen LogP contribution in [0.1, 0.15) is 35.3 Å². The zero-order valence-electron chi connectivity index (χ0n) is 18.9. The monoisotopic (exact) mass is 513 g/mol. The maximum atomic E-state index is 13.3. The molecule has 0 saturated carbocycles. The fourth-order valence-electron chi connectivity index (χ4n) is 3.60. The second kappa shape index (κ2) is 9.84. The number of carbonyl (C=O) groups is 1. The molecule has 0 aliphatic heterocycles. The third-order valence-electron chi connectivity index (χ3n) is 5.35. The van der Waals surface area contributed by atoms with Gasteiger partial charge in [-0.05, 0) is 68.3 Å². The van der Waals surface area contributed by atoms with Gasteiger partial charge in [-0.15, -0.1) is 0 Å². The molecule has 4 rings (SSSR count). The van der Waals surface area contributed by atoms with Crippen LogP contribution >= 0.6 is 22.9 Å². The molecular formula is C25H24ClN3O3S2. The molecule has 1 heterocycles. The van der Waals surface area contributed by atoms with Crippen LogP contribution in [-0.4, -0.2) is 29.7 Å². The standard InChI is InChI=1S/C25H24ClN3O3S2/c1-16(2)29(15-18-7-5-4-6-8-18)34(31,32)21-11-9-19(10-12-21)24(30)28-25-27-23-17(3)13-20(26)14-22(23)33-25/h4-14,16H,15H2,1-3H3,(H,27,28,30). The summed E-state index contributed by atoms with van der Waals surface area (Å²) in [5.41, 5.74) is 2.97. The molecule has 34 heavy (non-hydrogen) atoms. The predicted molar refractivity (Wildman–Crippen MR) is 138 cm³/mol. The number of nitrogens with one attached hydrogen (secondary N) is 1. The fraction of sp³-hybridized carbons (Fsp3) is 0.200. The van der Waals surface area contributed by atoms with Crippen LogP contribution in [0.15, 0.2) is 71.6 Å². The first kappa shape index (κ1) is 24.3. The van der Waals surface area contributed by atoms with E-state index in [2.05, 4.69) is 10.3 Å². The van der Waals surface area contributed by atoms with E-state index in [1.165, 1.54) is 39.9 Å². The van der Waals surface area contributed by atoms with Crippen molar-refractivity contribution in [3.8, 4) is 0 Å². The van der Waals surface area contributed by atoms with Crippen LogP contribution in [0.25, 0.3) is 10.2 Å². The molecule has 1 amide bonds. The number of benzene rings is 3. The zero-order chi connectivity index (χ0) is 24.5. The largest absolute Gasteiger partial charge is 0.298 e. The molecule has 0 radical (unpaired) electrons. The van der Waals surface area contributed by atoms with E-state index in [0.29, 0.717) is 15.7 Å². The molecule has 176 valence electrons. The average Bonchev–Trinajstić information content (AvgIpc) is 3.20. The molecule has 0 bridgehead atoms. The summed E-state index contributed by atoms with van der Waals surface area (Å²) < 4.78 is 29.0. The Bertz CT molecular complexity index is 1430. The number of hydrogen-bond donors (Lipinski definition) is 1. The number of rotatable bonds is 7. The zero-order valence-corrected chi connectivity index (χ0v) is 21.3. The molecule has 0 atom stereocenters. The van der Waals surface area contributed by atoms with Gasteiger partial charge in [0.2, 0.25) is 10.0 Å². The molecule has 0 unspecified atom stereocenters. The van der Waals surface area contributed by atoms with Gasteiger partial charge in [-0.2, -0.15) is 4.31 Å². The summed E-state index contributed by atoms with van der Waals surface area (Å²) in [7, 11) is -3.75. The molecule has 1 N–H and O–H groups in total. The number of thiazole rings is 1. The van der Waals surface area contributed by atoms with E-state index in [-0.39, 0.29) is 23.4 Å². The number of nitrogens with zero attached hydrogens (tertiary/aromatic N) is 2. The van der Waals surface area contributed by atoms with Gasteiger partial charge in [0, 0.05) is 23.2 Å². The second-order valence-corrected chi connectivity index (χ2v) is 11.6. The highest BCUT2D eigenvalue weighted by Gasteiger charge is 2.27. The number of halogens is 1. The van der Waals surface area contributed by atoms with Gasteiger partial charge < -0.3 is 0 Å². The van der Waals surface area contributed by atoms with E-state index >= 15 is 0 Å². The summed E-state index contributed by atoms with van der Waals surface area (Å²) in [4.78, 5) is 17.4. The van der Waals surface area contributed by atoms with Crippen molar-refractivity contribution in [2.45, 2.75) is 38.3 Å². The third-order valence-corrected chi connectivity index (χ3v) is 8.52. The van der Waals surface area contributed by atoms with E-state index in [1.807, 2.05) is 63.2 Å². The maximum absolute atomic E-state index is 13.3. The number of fused-ring (bicyclic) bond motifs is 1. The van der Waals surface area contributed by atoms with Gasteiger partial charge in [0.1, 0.15) is 0 Å². The summed E-state index contributed by atoms with van der Waals surface area (Å²) in [6, 6.07) is 18.8. The number of carbonyl (C=O) groups excluding carboxylic acids is 1. The molecule has 3 aromatic carbocycles. The SMILES string of the molecule is Cc1cc(Cl)cc2sc(NC(=O)c3ccc(S(=O)(=O)N(Cc4ccccc4)C(C)C)cc3)nc12. The van der Waals surface area contributed by atoms with Crippen molar-refractivity contribution in [3.63, 3.8) is 0 Å². The first-order valence-corrected chi connectivity index (χ1v) is 13.3. The van der Waals surface area contributed by atoms with Crippen molar-refractivity contribution >= 4 is 54.2 Å². The Morgan fingerprint density at radius 2 is 1.76 bits per heavy atom. The molecule has 0 fully saturated rings. The van der Waals surface area contributed by atoms with Crippen molar-refractivity contribution in [1.82, 2.24) is 9.29 Å². The van der Waals surface area contributed by atoms with Crippen LogP contribution in [-0.2, 0) is 16.6 Å². The highest BCUT2D eigenvalue weighted by Crippen LogP contribution is 2.31. The van der Waals surface area contributed by atoms with Crippen molar-refractivity contribution < 1.29 is 13.2 Å². The van der Waals surface area contributed by atoms with Gasteiger partial charge in [-0.3, -0.25) is 10.1 Å². The van der Waals surface area contributed by atoms with E-state index in [0.717, 1.165) is 21.3 Å². The number of aromatic nitrogens is 1. The molecule has 6 nitrogen and oxygen atoms in total. The minimum absolute atomic E-state index is 0.138. The molecule has 0 spiro atoms. The third kappa shape index (κ3) is 5.15. The summed E-state index contributed by atoms with van der Waals surface area (Å²) in [6.45, 7) is 5.87. The van der Waals surface area contributed by atoms with Crippen molar-refractivity contribution in [1.29, 1.82) is 0 Å². The van der Waals surface area contributed by atoms with Gasteiger partial charge >= 0.3 is 0 Å². The quantitative estimate of drug-likeness (QED) is 0.323. The van der Waals surface area contributed by atoms with Gasteiger partial charge in [-0.1, -0.05) is 53.3 Å². The van der Waals surface area contributed by atoms with Gasteiger partial charge in [-0.25, -0.2) is 13.4 Å². The van der Waals surface area contributed by atoms with Crippen LogP contribution in [0.2, 0.25) is 5.02 Å². The summed E-state index contributed by atoms with van der Waals surface area (Å²) in [5.74, 6) is -0.364. The Labute approximate surface area is 208 Å². The Hall–Kier alpha value is -2.78. The van der Waals surface area contributed by atoms with Crippen LogP contribution in [0.5, 0.6) is 0 Å². The Morgan fingerprint density at radius 3 is 2.41 bits per heavy atom. The lowest BCUT2D eigenvalue weighted by molar-refractivity contribution is 0.102. The molecule has 0 saturated heterocycles. The Balaban J connectivity index is 1.53. The molecule has 1 aromatic heterocycles. The molecule has 0 aliphatic rings. The number of hydrogen-bond acceptors (Lipinski definition) is 5. The lowest BCUT2D eigenvalue weighted by Crippen LogP contribution is -2.36. The number of sulfonamides is 1. The topological polar surface area (TPSA) is 79.4 Å². The molecular weight excluding hydrogens is 490 g/mol. The molecule has 0 aliphatic carbocycles. The lowest BCUT2D eigenvalue weighted by Gasteiger charge is -2.26. The van der Waals surface area contributed by atoms with E-state index in [1.54, 1.807) is 0 Å². The van der Waals surface area contributed by atoms with Gasteiger partial charge in [0.05, 0.1) is 15.1 Å². The fourth-order valence-corrected chi connectivity index (χ4v) is 6.54. The normalized spacial score (nSPS) is 11.9. The van der Waals surface area contributed by atoms with Crippen LogP contribution in [0.3, 0.4) is 0 Å². The second-order valence-electron chi connectivity index (χ2n) is 8.20. The van der Waals surface area contributed by atoms with Gasteiger partial charge in [0.25, 0.3) is 5.91 Å². The van der Waals surface area contributed by atoms with Crippen LogP contribution in [0.4, 0.5) is 5.13 Å². The highest BCUT2D eigenvalue weighted by atomic mass is 35.5. The summed E-state index contributed by atoms with van der Waals surface area (Å²) in [6.07, 6.45) is 0. The van der Waals surface area contributed by atoms with E-state index in [9.17, 15) is 13.2 Å². The number of anilines is 1. The maximum Gasteiger partial charge on any atom is 0.257 e. The predicted octanol–water partition coefficient (Wildman–Crippen LogP) is 6.11. The average molecular weight is 514 g/mol. The lowest BCUT2D eigenvalue weighted by atomic mass is 10.2. The van der Waals surface area contributed by atoms with Crippen molar-refractivity contribution in [3.05, 3.63) is 88.4 Å². The first-order chi connectivity index (χ1) is 16.1. The smallest absolute Gasteiger partial charge is 0.257 e. The van der Waals surface area contributed by atoms with Crippen molar-refractivity contribution in [2.75, 3.05) is 5.32 Å². The molecule has 4 aromatic rings. The van der Waals surface area contributed by atoms with E-state index in [4.69, 9.17) is 11.6 Å². The number of aryl methyl sites for hydroxylation is 1. The minimum atomic E-state index is -3.75. The molecule has 9 heteroatoms. The number of amides is 1. The van der Waals surface area contributed by atoms with Crippen LogP contribution < -0.4 is 5.32 Å². The first-order valence-electron chi connectivity index (χ1n) is 10.7. The van der Waals surface area contributed by atoms with Gasteiger partial charge in [0.15, 0.2) is 5.13 Å². The van der Waals surface area contributed by atoms with Crippen LogP contribution in [0, 0.1) is 6.92 Å². The minimum Gasteiger partial charge on any atom is -0.298 e. The Morgan fingerprint density at radius 1 is 1.09 bits per heavy atom. The summed E-state index contributed by atoms with van der Waals surface area (Å²) >= 11 is 7.45. The Kier molecular flexibility index (Phi) is 7.04. The van der Waals surface area contributed by atoms with E-state index < -0.39 is 10.0 Å². The van der Waals surface area contributed by atoms with Crippen molar-refractivity contribution in [2.24, 2.45) is 0 Å². The summed E-state index contributed by atoms with van der Waals surface area (Å²) in [5, 5.41) is 3.86. The highest BCUT2D eigenvalue weighted by molar-refractivity contribution is 7.89.